The molecule has 1 N–H and O–H groups in total. The highest BCUT2D eigenvalue weighted by Crippen LogP contribution is 2.40. The van der Waals surface area contributed by atoms with E-state index in [9.17, 15) is 4.79 Å². The number of furan rings is 1. The third kappa shape index (κ3) is 2.35. The number of amides is 1. The largest absolute Gasteiger partial charge is 0.466 e. The number of rotatable bonds is 4. The minimum absolute atomic E-state index is 0.0166. The number of nitrogens with one attached hydrogen (secondary N) is 1. The summed E-state index contributed by atoms with van der Waals surface area (Å²) in [5.41, 5.74) is 0.613. The van der Waals surface area contributed by atoms with Gasteiger partial charge in [-0.3, -0.25) is 4.79 Å². The molecule has 0 aliphatic heterocycles. The Morgan fingerprint density at radius 3 is 2.75 bits per heavy atom. The lowest BCUT2D eigenvalue weighted by atomic mass is 10.1. The highest BCUT2D eigenvalue weighted by Gasteiger charge is 2.36. The van der Waals surface area contributed by atoms with Crippen molar-refractivity contribution in [3.8, 4) is 0 Å². The Labute approximate surface area is 118 Å². The molecule has 1 atom stereocenters. The smallest absolute Gasteiger partial charge is 0.255 e. The van der Waals surface area contributed by atoms with Gasteiger partial charge >= 0.3 is 0 Å². The fourth-order valence-corrected chi connectivity index (χ4v) is 2.57. The molecule has 5 heteroatoms. The molecular weight excluding hydrogens is 254 g/mol. The SMILES string of the molecule is Cc1cc(C(=O)N[C@H](c2nccn2C)C2CC2)c(C)o1. The highest BCUT2D eigenvalue weighted by molar-refractivity contribution is 5.95. The molecule has 1 fully saturated rings. The predicted octanol–water partition coefficient (Wildman–Crippen LogP) is 2.51. The van der Waals surface area contributed by atoms with E-state index in [-0.39, 0.29) is 11.9 Å². The van der Waals surface area contributed by atoms with E-state index in [2.05, 4.69) is 10.3 Å². The Bertz CT molecular complexity index is 637. The van der Waals surface area contributed by atoms with E-state index in [1.807, 2.05) is 31.7 Å². The minimum Gasteiger partial charge on any atom is -0.466 e. The normalized spacial score (nSPS) is 16.1. The molecule has 1 aliphatic rings. The van der Waals surface area contributed by atoms with Crippen molar-refractivity contribution < 1.29 is 9.21 Å². The Balaban J connectivity index is 1.82. The molecule has 0 aromatic carbocycles. The van der Waals surface area contributed by atoms with E-state index < -0.39 is 0 Å². The lowest BCUT2D eigenvalue weighted by Gasteiger charge is -2.17. The summed E-state index contributed by atoms with van der Waals surface area (Å²) in [7, 11) is 1.96. The van der Waals surface area contributed by atoms with Gasteiger partial charge in [0.05, 0.1) is 11.6 Å². The lowest BCUT2D eigenvalue weighted by Crippen LogP contribution is -2.31. The number of hydrogen-bond acceptors (Lipinski definition) is 3. The first-order valence-corrected chi connectivity index (χ1v) is 6.91. The summed E-state index contributed by atoms with van der Waals surface area (Å²) in [6, 6.07) is 1.77. The number of carbonyl (C=O) groups is 1. The number of hydrogen-bond donors (Lipinski definition) is 1. The van der Waals surface area contributed by atoms with E-state index in [1.54, 1.807) is 12.3 Å². The van der Waals surface area contributed by atoms with Crippen LogP contribution in [-0.2, 0) is 7.05 Å². The third-order valence-corrected chi connectivity index (χ3v) is 3.80. The van der Waals surface area contributed by atoms with Crippen LogP contribution in [0.5, 0.6) is 0 Å². The molecular formula is C15H19N3O2. The Morgan fingerprint density at radius 2 is 2.25 bits per heavy atom. The molecule has 0 saturated heterocycles. The molecule has 2 aromatic heterocycles. The summed E-state index contributed by atoms with van der Waals surface area (Å²) >= 11 is 0. The van der Waals surface area contributed by atoms with Crippen LogP contribution in [0.25, 0.3) is 0 Å². The zero-order valence-electron chi connectivity index (χ0n) is 12.0. The molecule has 0 spiro atoms. The average Bonchev–Trinajstić information content (AvgIpc) is 3.06. The van der Waals surface area contributed by atoms with Gasteiger partial charge in [-0.15, -0.1) is 0 Å². The second-order valence-electron chi connectivity index (χ2n) is 5.51. The summed E-state index contributed by atoms with van der Waals surface area (Å²) in [5.74, 6) is 2.74. The Morgan fingerprint density at radius 1 is 1.50 bits per heavy atom. The predicted molar refractivity (Wildman–Crippen MR) is 74.3 cm³/mol. The second kappa shape index (κ2) is 4.81. The van der Waals surface area contributed by atoms with Gasteiger partial charge in [-0.05, 0) is 38.7 Å². The molecule has 0 radical (unpaired) electrons. The van der Waals surface area contributed by atoms with Gasteiger partial charge in [-0.1, -0.05) is 0 Å². The molecule has 20 heavy (non-hydrogen) atoms. The summed E-state index contributed by atoms with van der Waals surface area (Å²) in [4.78, 5) is 16.8. The van der Waals surface area contributed by atoms with E-state index in [0.29, 0.717) is 17.2 Å². The Kier molecular flexibility index (Phi) is 3.12. The van der Waals surface area contributed by atoms with E-state index in [4.69, 9.17) is 4.42 Å². The van der Waals surface area contributed by atoms with Crippen molar-refractivity contribution in [2.75, 3.05) is 0 Å². The van der Waals surface area contributed by atoms with Crippen molar-refractivity contribution in [1.29, 1.82) is 0 Å². The lowest BCUT2D eigenvalue weighted by molar-refractivity contribution is 0.0927. The summed E-state index contributed by atoms with van der Waals surface area (Å²) in [6.45, 7) is 3.66. The van der Waals surface area contributed by atoms with Crippen LogP contribution in [0.4, 0.5) is 0 Å². The molecule has 2 heterocycles. The fraction of sp³-hybridized carbons (Fsp3) is 0.467. The molecule has 1 amide bonds. The van der Waals surface area contributed by atoms with Crippen LogP contribution in [0.2, 0.25) is 0 Å². The zero-order chi connectivity index (χ0) is 14.3. The number of imidazole rings is 1. The summed E-state index contributed by atoms with van der Waals surface area (Å²) in [6.07, 6.45) is 5.96. The van der Waals surface area contributed by atoms with Crippen molar-refractivity contribution in [3.63, 3.8) is 0 Å². The molecule has 5 nitrogen and oxygen atoms in total. The van der Waals surface area contributed by atoms with Crippen LogP contribution in [0, 0.1) is 19.8 Å². The first-order chi connectivity index (χ1) is 9.56. The van der Waals surface area contributed by atoms with E-state index in [0.717, 1.165) is 24.4 Å². The topological polar surface area (TPSA) is 60.1 Å². The summed E-state index contributed by atoms with van der Waals surface area (Å²) in [5, 5.41) is 3.11. The van der Waals surface area contributed by atoms with Gasteiger partial charge in [-0.2, -0.15) is 0 Å². The quantitative estimate of drug-likeness (QED) is 0.931. The van der Waals surface area contributed by atoms with Crippen LogP contribution in [0.15, 0.2) is 22.9 Å². The maximum absolute atomic E-state index is 12.4. The monoisotopic (exact) mass is 273 g/mol. The van der Waals surface area contributed by atoms with Gasteiger partial charge in [0, 0.05) is 19.4 Å². The molecule has 0 bridgehead atoms. The molecule has 1 aliphatic carbocycles. The maximum Gasteiger partial charge on any atom is 0.255 e. The molecule has 3 rings (SSSR count). The molecule has 106 valence electrons. The van der Waals surface area contributed by atoms with Crippen LogP contribution >= 0.6 is 0 Å². The first-order valence-electron chi connectivity index (χ1n) is 6.91. The molecule has 2 aromatic rings. The van der Waals surface area contributed by atoms with Crippen molar-refractivity contribution in [1.82, 2.24) is 14.9 Å². The van der Waals surface area contributed by atoms with Crippen LogP contribution in [0.3, 0.4) is 0 Å². The van der Waals surface area contributed by atoms with Gasteiger partial charge in [0.25, 0.3) is 5.91 Å². The van der Waals surface area contributed by atoms with Gasteiger partial charge in [0.2, 0.25) is 0 Å². The van der Waals surface area contributed by atoms with Crippen LogP contribution < -0.4 is 5.32 Å². The first kappa shape index (κ1) is 13.0. The van der Waals surface area contributed by atoms with Gasteiger partial charge in [-0.25, -0.2) is 4.98 Å². The van der Waals surface area contributed by atoms with Gasteiger partial charge in [0.15, 0.2) is 0 Å². The maximum atomic E-state index is 12.4. The van der Waals surface area contributed by atoms with Crippen LogP contribution in [-0.4, -0.2) is 15.5 Å². The minimum atomic E-state index is -0.0840. The van der Waals surface area contributed by atoms with Crippen molar-refractivity contribution in [2.45, 2.75) is 32.7 Å². The standard InChI is InChI=1S/C15H19N3O2/c1-9-8-12(10(2)20-9)15(19)17-13(11-4-5-11)14-16-6-7-18(14)3/h6-8,11,13H,4-5H2,1-3H3,(H,17,19)/t13-/m0/s1. The van der Waals surface area contributed by atoms with E-state index in [1.165, 1.54) is 0 Å². The van der Waals surface area contributed by atoms with Crippen molar-refractivity contribution in [3.05, 3.63) is 41.4 Å². The fourth-order valence-electron chi connectivity index (χ4n) is 2.57. The number of aryl methyl sites for hydroxylation is 3. The van der Waals surface area contributed by atoms with Crippen molar-refractivity contribution in [2.24, 2.45) is 13.0 Å². The Hall–Kier alpha value is -2.04. The zero-order valence-corrected chi connectivity index (χ0v) is 12.0. The van der Waals surface area contributed by atoms with E-state index >= 15 is 0 Å². The number of nitrogens with zero attached hydrogens (tertiary/aromatic N) is 2. The number of carbonyl (C=O) groups excluding carboxylic acids is 1. The van der Waals surface area contributed by atoms with Crippen LogP contribution in [0.1, 0.15) is 46.6 Å². The molecule has 0 unspecified atom stereocenters. The summed E-state index contributed by atoms with van der Waals surface area (Å²) < 4.78 is 7.40. The second-order valence-corrected chi connectivity index (χ2v) is 5.51. The average molecular weight is 273 g/mol. The third-order valence-electron chi connectivity index (χ3n) is 3.80. The van der Waals surface area contributed by atoms with Gasteiger partial charge < -0.3 is 14.3 Å². The van der Waals surface area contributed by atoms with Crippen molar-refractivity contribution >= 4 is 5.91 Å². The number of aromatic nitrogens is 2. The highest BCUT2D eigenvalue weighted by atomic mass is 16.3. The van der Waals surface area contributed by atoms with Gasteiger partial charge in [0.1, 0.15) is 17.3 Å². The molecule has 1 saturated carbocycles.